The molecule has 222 valence electrons. The number of aromatic amines is 1. The minimum Gasteiger partial charge on any atom is -0.487 e. The van der Waals surface area contributed by atoms with Crippen molar-refractivity contribution in [1.29, 1.82) is 0 Å². The zero-order valence-electron chi connectivity index (χ0n) is 23.3. The van der Waals surface area contributed by atoms with E-state index in [1.54, 1.807) is 48.5 Å². The van der Waals surface area contributed by atoms with Crippen LogP contribution in [0.5, 0.6) is 17.2 Å². The predicted molar refractivity (Wildman–Crippen MR) is 155 cm³/mol. The van der Waals surface area contributed by atoms with E-state index >= 15 is 0 Å². The normalized spacial score (nSPS) is 14.0. The van der Waals surface area contributed by atoms with Crippen LogP contribution in [0.3, 0.4) is 0 Å². The molecule has 0 spiro atoms. The van der Waals surface area contributed by atoms with E-state index in [9.17, 15) is 18.0 Å². The third-order valence-corrected chi connectivity index (χ3v) is 7.53. The van der Waals surface area contributed by atoms with Crippen molar-refractivity contribution in [2.45, 2.75) is 32.1 Å². The van der Waals surface area contributed by atoms with Crippen molar-refractivity contribution in [3.8, 4) is 22.9 Å². The first-order chi connectivity index (χ1) is 20.8. The molecule has 11 heteroatoms. The molecule has 0 radical (unpaired) electrons. The molecular formula is C32H29F3N4O4. The maximum Gasteiger partial charge on any atom is 0.272 e. The Kier molecular flexibility index (Phi) is 7.81. The maximum atomic E-state index is 14.1. The molecule has 0 amide bonds. The van der Waals surface area contributed by atoms with Crippen molar-refractivity contribution in [3.05, 3.63) is 95.1 Å². The maximum absolute atomic E-state index is 14.1. The SMILES string of the molecule is Cc1cc(-n2ncc(C(=O)c3cc4cc(OCC(F)F)c(C5CCOCC5)cc4[nH]3)c2N)ccc1Oc1ccccc1F. The van der Waals surface area contributed by atoms with Gasteiger partial charge in [0.1, 0.15) is 23.9 Å². The Hall–Kier alpha value is -4.77. The molecule has 1 fully saturated rings. The Morgan fingerprint density at radius 1 is 1.09 bits per heavy atom. The van der Waals surface area contributed by atoms with Crippen molar-refractivity contribution >= 4 is 22.5 Å². The smallest absolute Gasteiger partial charge is 0.272 e. The summed E-state index contributed by atoms with van der Waals surface area (Å²) in [5.41, 5.74) is 9.65. The fraction of sp³-hybridized carbons (Fsp3) is 0.250. The number of aromatic nitrogens is 3. The summed E-state index contributed by atoms with van der Waals surface area (Å²) < 4.78 is 58.1. The van der Waals surface area contributed by atoms with Gasteiger partial charge in [0.25, 0.3) is 6.43 Å². The number of halogens is 3. The number of carbonyl (C=O) groups excluding carboxylic acids is 1. The molecule has 6 rings (SSSR count). The molecule has 0 atom stereocenters. The summed E-state index contributed by atoms with van der Waals surface area (Å²) in [6.45, 7) is 2.25. The van der Waals surface area contributed by atoms with Crippen LogP contribution in [0.2, 0.25) is 0 Å². The number of carbonyl (C=O) groups is 1. The number of nitrogens with one attached hydrogen (secondary N) is 1. The average molecular weight is 591 g/mol. The molecular weight excluding hydrogens is 561 g/mol. The molecule has 1 saturated heterocycles. The second kappa shape index (κ2) is 11.8. The van der Waals surface area contributed by atoms with Gasteiger partial charge in [-0.2, -0.15) is 5.10 Å². The number of alkyl halides is 2. The highest BCUT2D eigenvalue weighted by Crippen LogP contribution is 2.37. The Balaban J connectivity index is 1.27. The summed E-state index contributed by atoms with van der Waals surface area (Å²) in [7, 11) is 0. The number of nitrogen functional groups attached to an aromatic ring is 1. The number of ether oxygens (including phenoxy) is 3. The molecule has 0 bridgehead atoms. The molecule has 0 unspecified atom stereocenters. The van der Waals surface area contributed by atoms with Gasteiger partial charge in [0.05, 0.1) is 23.1 Å². The fourth-order valence-electron chi connectivity index (χ4n) is 5.31. The Morgan fingerprint density at radius 2 is 1.88 bits per heavy atom. The van der Waals surface area contributed by atoms with Crippen LogP contribution in [-0.4, -0.2) is 46.8 Å². The molecule has 1 aliphatic heterocycles. The van der Waals surface area contributed by atoms with E-state index in [0.717, 1.165) is 18.4 Å². The van der Waals surface area contributed by atoms with Crippen molar-refractivity contribution in [2.75, 3.05) is 25.6 Å². The van der Waals surface area contributed by atoms with E-state index in [1.807, 2.05) is 13.0 Å². The molecule has 2 aromatic heterocycles. The van der Waals surface area contributed by atoms with Gasteiger partial charge in [-0.15, -0.1) is 0 Å². The van der Waals surface area contributed by atoms with Crippen LogP contribution in [0, 0.1) is 12.7 Å². The standard InChI is InChI=1S/C32H29F3N4O4/c1-18-12-21(6-7-27(18)43-28-5-3-2-4-24(28)33)39-32(36)23(16-37-39)31(40)26-13-20-14-29(42-17-30(34)35)22(15-25(20)38-26)19-8-10-41-11-9-19/h2-7,12-16,19,30,38H,8-11,17,36H2,1H3. The van der Waals surface area contributed by atoms with E-state index in [4.69, 9.17) is 19.9 Å². The summed E-state index contributed by atoms with van der Waals surface area (Å²) in [6, 6.07) is 16.5. The third-order valence-electron chi connectivity index (χ3n) is 7.53. The zero-order chi connectivity index (χ0) is 30.1. The highest BCUT2D eigenvalue weighted by molar-refractivity contribution is 6.12. The summed E-state index contributed by atoms with van der Waals surface area (Å²) in [5.74, 6) is 0.325. The number of rotatable bonds is 9. The van der Waals surface area contributed by atoms with Gasteiger partial charge < -0.3 is 24.9 Å². The zero-order valence-corrected chi connectivity index (χ0v) is 23.3. The van der Waals surface area contributed by atoms with Crippen LogP contribution in [-0.2, 0) is 4.74 Å². The molecule has 43 heavy (non-hydrogen) atoms. The van der Waals surface area contributed by atoms with E-state index in [-0.39, 0.29) is 34.5 Å². The van der Waals surface area contributed by atoms with Crippen molar-refractivity contribution in [2.24, 2.45) is 0 Å². The number of nitrogens with two attached hydrogens (primary N) is 1. The lowest BCUT2D eigenvalue weighted by Gasteiger charge is -2.24. The summed E-state index contributed by atoms with van der Waals surface area (Å²) in [6.07, 6.45) is 0.274. The number of ketones is 1. The van der Waals surface area contributed by atoms with Gasteiger partial charge in [-0.25, -0.2) is 17.9 Å². The largest absolute Gasteiger partial charge is 0.487 e. The van der Waals surface area contributed by atoms with Gasteiger partial charge >= 0.3 is 0 Å². The molecule has 0 saturated carbocycles. The van der Waals surface area contributed by atoms with E-state index in [0.29, 0.717) is 46.9 Å². The molecule has 1 aliphatic rings. The topological polar surface area (TPSA) is 104 Å². The van der Waals surface area contributed by atoms with Crippen molar-refractivity contribution in [3.63, 3.8) is 0 Å². The van der Waals surface area contributed by atoms with E-state index < -0.39 is 18.8 Å². The Morgan fingerprint density at radius 3 is 2.63 bits per heavy atom. The van der Waals surface area contributed by atoms with Crippen LogP contribution >= 0.6 is 0 Å². The van der Waals surface area contributed by atoms with E-state index in [2.05, 4.69) is 10.1 Å². The second-order valence-electron chi connectivity index (χ2n) is 10.4. The Labute approximate surface area is 245 Å². The highest BCUT2D eigenvalue weighted by Gasteiger charge is 2.24. The van der Waals surface area contributed by atoms with Crippen LogP contribution in [0.4, 0.5) is 19.0 Å². The van der Waals surface area contributed by atoms with Gasteiger partial charge in [0.2, 0.25) is 5.78 Å². The number of hydrogen-bond donors (Lipinski definition) is 2. The van der Waals surface area contributed by atoms with Crippen molar-refractivity contribution < 1.29 is 32.2 Å². The van der Waals surface area contributed by atoms with Crippen LogP contribution in [0.1, 0.15) is 45.9 Å². The van der Waals surface area contributed by atoms with Gasteiger partial charge in [-0.1, -0.05) is 12.1 Å². The molecule has 5 aromatic rings. The lowest BCUT2D eigenvalue weighted by Crippen LogP contribution is -2.16. The number of aryl methyl sites for hydroxylation is 1. The Bertz CT molecular complexity index is 1790. The predicted octanol–water partition coefficient (Wildman–Crippen LogP) is 6.94. The van der Waals surface area contributed by atoms with Crippen LogP contribution in [0.15, 0.2) is 66.9 Å². The number of hydrogen-bond acceptors (Lipinski definition) is 6. The number of fused-ring (bicyclic) bond motifs is 1. The van der Waals surface area contributed by atoms with Gasteiger partial charge in [0, 0.05) is 24.1 Å². The van der Waals surface area contributed by atoms with Crippen LogP contribution < -0.4 is 15.2 Å². The lowest BCUT2D eigenvalue weighted by molar-refractivity contribution is 0.0756. The number of benzene rings is 3. The molecule has 0 aliphatic carbocycles. The fourth-order valence-corrected chi connectivity index (χ4v) is 5.31. The van der Waals surface area contributed by atoms with E-state index in [1.165, 1.54) is 16.9 Å². The molecule has 3 N–H and O–H groups in total. The minimum atomic E-state index is -2.61. The van der Waals surface area contributed by atoms with Crippen LogP contribution in [0.25, 0.3) is 16.6 Å². The molecule has 8 nitrogen and oxygen atoms in total. The van der Waals surface area contributed by atoms with Gasteiger partial charge in [-0.05, 0) is 85.3 Å². The monoisotopic (exact) mass is 590 g/mol. The summed E-state index contributed by atoms with van der Waals surface area (Å²) in [5, 5.41) is 4.99. The van der Waals surface area contributed by atoms with Crippen molar-refractivity contribution in [1.82, 2.24) is 14.8 Å². The quantitative estimate of drug-likeness (QED) is 0.180. The molecule has 3 aromatic carbocycles. The number of para-hydroxylation sites is 1. The summed E-state index contributed by atoms with van der Waals surface area (Å²) >= 11 is 0. The lowest BCUT2D eigenvalue weighted by atomic mass is 9.90. The number of H-pyrrole nitrogens is 1. The van der Waals surface area contributed by atoms with Gasteiger partial charge in [0.15, 0.2) is 11.6 Å². The highest BCUT2D eigenvalue weighted by atomic mass is 19.3. The minimum absolute atomic E-state index is 0.0918. The first-order valence-corrected chi connectivity index (χ1v) is 13.9. The summed E-state index contributed by atoms with van der Waals surface area (Å²) in [4.78, 5) is 16.7. The second-order valence-corrected chi connectivity index (χ2v) is 10.4. The first kappa shape index (κ1) is 28.4. The first-order valence-electron chi connectivity index (χ1n) is 13.9. The third kappa shape index (κ3) is 5.80. The van der Waals surface area contributed by atoms with Gasteiger partial charge in [-0.3, -0.25) is 4.79 Å². The molecule has 3 heterocycles. The number of anilines is 1. The average Bonchev–Trinajstić information content (AvgIpc) is 3.60. The number of nitrogens with zero attached hydrogens (tertiary/aromatic N) is 2.